The Morgan fingerprint density at radius 2 is 2.14 bits per heavy atom. The third-order valence-electron chi connectivity index (χ3n) is 4.37. The predicted octanol–water partition coefficient (Wildman–Crippen LogP) is 3.18. The summed E-state index contributed by atoms with van der Waals surface area (Å²) in [7, 11) is 0. The van der Waals surface area contributed by atoms with Gasteiger partial charge in [-0.15, -0.1) is 11.3 Å². The summed E-state index contributed by atoms with van der Waals surface area (Å²) in [6.45, 7) is 4.08. The van der Waals surface area contributed by atoms with E-state index in [2.05, 4.69) is 24.4 Å². The number of amides is 1. The van der Waals surface area contributed by atoms with Crippen molar-refractivity contribution in [2.24, 2.45) is 5.92 Å². The Kier molecular flexibility index (Phi) is 4.06. The summed E-state index contributed by atoms with van der Waals surface area (Å²) in [6.07, 6.45) is 0.901. The summed E-state index contributed by atoms with van der Waals surface area (Å²) in [5.41, 5.74) is 1.51. The molecule has 1 aromatic heterocycles. The number of hydrogen-bond acceptors (Lipinski definition) is 3. The second-order valence-electron chi connectivity index (χ2n) is 6.27. The number of thiophene rings is 1. The fourth-order valence-corrected chi connectivity index (χ4v) is 3.68. The van der Waals surface area contributed by atoms with E-state index in [0.717, 1.165) is 11.3 Å². The number of hydrogen-bond donors (Lipinski definition) is 2. The van der Waals surface area contributed by atoms with E-state index >= 15 is 0 Å². The van der Waals surface area contributed by atoms with Gasteiger partial charge >= 0.3 is 0 Å². The van der Waals surface area contributed by atoms with Gasteiger partial charge in [0.15, 0.2) is 0 Å². The summed E-state index contributed by atoms with van der Waals surface area (Å²) in [5.74, 6) is 0.415. The first-order chi connectivity index (χ1) is 10.5. The van der Waals surface area contributed by atoms with Gasteiger partial charge in [-0.2, -0.15) is 0 Å². The highest BCUT2D eigenvalue weighted by Crippen LogP contribution is 2.48. The van der Waals surface area contributed by atoms with Gasteiger partial charge in [0.25, 0.3) is 0 Å². The molecule has 1 aromatic carbocycles. The largest absolute Gasteiger partial charge is 0.383 e. The van der Waals surface area contributed by atoms with Crippen LogP contribution in [0, 0.1) is 12.8 Å². The van der Waals surface area contributed by atoms with Crippen molar-refractivity contribution in [3.63, 3.8) is 0 Å². The molecular weight excluding hydrogens is 294 g/mol. The van der Waals surface area contributed by atoms with E-state index in [9.17, 15) is 9.90 Å². The molecule has 1 aliphatic rings. The fourth-order valence-electron chi connectivity index (χ4n) is 2.89. The van der Waals surface area contributed by atoms with E-state index in [4.69, 9.17) is 0 Å². The van der Waals surface area contributed by atoms with Gasteiger partial charge in [0.1, 0.15) is 5.60 Å². The number of carbonyl (C=O) groups excluding carboxylic acids is 1. The number of aliphatic hydroxyl groups is 1. The van der Waals surface area contributed by atoms with E-state index in [1.54, 1.807) is 6.92 Å². The van der Waals surface area contributed by atoms with Crippen molar-refractivity contribution in [2.75, 3.05) is 6.54 Å². The summed E-state index contributed by atoms with van der Waals surface area (Å²) < 4.78 is 0. The molecule has 3 unspecified atom stereocenters. The average Bonchev–Trinajstić information content (AvgIpc) is 3.07. The lowest BCUT2D eigenvalue weighted by atomic mass is 10.0. The Labute approximate surface area is 135 Å². The molecule has 4 heteroatoms. The van der Waals surface area contributed by atoms with Gasteiger partial charge in [-0.25, -0.2) is 0 Å². The average molecular weight is 315 g/mol. The standard InChI is InChI=1S/C18H21NO2S/c1-12-6-3-4-7-13(12)14-10-15(14)17(20)19-11-18(2,21)16-8-5-9-22-16/h3-9,14-15,21H,10-11H2,1-2H3,(H,19,20). The molecule has 1 saturated carbocycles. The molecule has 0 aliphatic heterocycles. The van der Waals surface area contributed by atoms with Gasteiger partial charge in [-0.3, -0.25) is 4.79 Å². The topological polar surface area (TPSA) is 49.3 Å². The second-order valence-corrected chi connectivity index (χ2v) is 7.22. The highest BCUT2D eigenvalue weighted by atomic mass is 32.1. The first-order valence-corrected chi connectivity index (χ1v) is 8.46. The summed E-state index contributed by atoms with van der Waals surface area (Å²) in [5, 5.41) is 15.3. The van der Waals surface area contributed by atoms with Gasteiger partial charge in [-0.05, 0) is 48.8 Å². The van der Waals surface area contributed by atoms with Crippen molar-refractivity contribution in [1.29, 1.82) is 0 Å². The molecule has 2 N–H and O–H groups in total. The predicted molar refractivity (Wildman–Crippen MR) is 88.9 cm³/mol. The third kappa shape index (κ3) is 3.08. The van der Waals surface area contributed by atoms with Gasteiger partial charge in [-0.1, -0.05) is 30.3 Å². The Bertz CT molecular complexity index is 663. The number of nitrogens with one attached hydrogen (secondary N) is 1. The molecule has 2 aromatic rings. The van der Waals surface area contributed by atoms with Crippen LogP contribution in [0.25, 0.3) is 0 Å². The van der Waals surface area contributed by atoms with Gasteiger partial charge < -0.3 is 10.4 Å². The quantitative estimate of drug-likeness (QED) is 0.890. The molecule has 0 radical (unpaired) electrons. The lowest BCUT2D eigenvalue weighted by Crippen LogP contribution is -2.38. The van der Waals surface area contributed by atoms with Crippen molar-refractivity contribution in [2.45, 2.75) is 31.8 Å². The molecule has 0 saturated heterocycles. The zero-order valence-corrected chi connectivity index (χ0v) is 13.7. The highest BCUT2D eigenvalue weighted by molar-refractivity contribution is 7.10. The molecular formula is C18H21NO2S. The van der Waals surface area contributed by atoms with Crippen LogP contribution in [0.4, 0.5) is 0 Å². The summed E-state index contributed by atoms with van der Waals surface area (Å²) in [6, 6.07) is 12.0. The van der Waals surface area contributed by atoms with Gasteiger partial charge in [0.05, 0.1) is 6.54 Å². The van der Waals surface area contributed by atoms with E-state index in [1.807, 2.05) is 29.6 Å². The summed E-state index contributed by atoms with van der Waals surface area (Å²) in [4.78, 5) is 13.2. The Hall–Kier alpha value is -1.65. The van der Waals surface area contributed by atoms with Crippen LogP contribution in [0.15, 0.2) is 41.8 Å². The number of benzene rings is 1. The number of carbonyl (C=O) groups is 1. The van der Waals surface area contributed by atoms with Crippen LogP contribution in [-0.4, -0.2) is 17.6 Å². The molecule has 116 valence electrons. The van der Waals surface area contributed by atoms with Crippen LogP contribution in [0.1, 0.15) is 35.3 Å². The lowest BCUT2D eigenvalue weighted by Gasteiger charge is -2.22. The minimum atomic E-state index is -1.00. The lowest BCUT2D eigenvalue weighted by molar-refractivity contribution is -0.123. The Balaban J connectivity index is 1.57. The van der Waals surface area contributed by atoms with Crippen LogP contribution in [-0.2, 0) is 10.4 Å². The molecule has 0 spiro atoms. The van der Waals surface area contributed by atoms with E-state index < -0.39 is 5.60 Å². The molecule has 1 amide bonds. The maximum Gasteiger partial charge on any atom is 0.223 e. The van der Waals surface area contributed by atoms with Crippen molar-refractivity contribution in [3.05, 3.63) is 57.8 Å². The van der Waals surface area contributed by atoms with Crippen LogP contribution in [0.2, 0.25) is 0 Å². The van der Waals surface area contributed by atoms with Crippen LogP contribution in [0.3, 0.4) is 0 Å². The minimum absolute atomic E-state index is 0.0419. The Morgan fingerprint density at radius 1 is 1.36 bits per heavy atom. The SMILES string of the molecule is Cc1ccccc1C1CC1C(=O)NCC(C)(O)c1cccs1. The van der Waals surface area contributed by atoms with Crippen molar-refractivity contribution in [3.8, 4) is 0 Å². The summed E-state index contributed by atoms with van der Waals surface area (Å²) >= 11 is 1.50. The molecule has 3 nitrogen and oxygen atoms in total. The van der Waals surface area contributed by atoms with Crippen LogP contribution in [0.5, 0.6) is 0 Å². The maximum absolute atomic E-state index is 12.3. The van der Waals surface area contributed by atoms with E-state index in [-0.39, 0.29) is 18.4 Å². The zero-order valence-electron chi connectivity index (χ0n) is 12.9. The fraction of sp³-hybridized carbons (Fsp3) is 0.389. The van der Waals surface area contributed by atoms with Gasteiger partial charge in [0, 0.05) is 10.8 Å². The van der Waals surface area contributed by atoms with Gasteiger partial charge in [0.2, 0.25) is 5.91 Å². The van der Waals surface area contributed by atoms with Crippen molar-refractivity contribution < 1.29 is 9.90 Å². The van der Waals surface area contributed by atoms with Crippen molar-refractivity contribution in [1.82, 2.24) is 5.32 Å². The Morgan fingerprint density at radius 3 is 2.82 bits per heavy atom. The molecule has 3 rings (SSSR count). The van der Waals surface area contributed by atoms with E-state index in [1.165, 1.54) is 22.5 Å². The molecule has 1 heterocycles. The normalized spacial score (nSPS) is 22.9. The van der Waals surface area contributed by atoms with E-state index in [0.29, 0.717) is 5.92 Å². The maximum atomic E-state index is 12.3. The number of rotatable bonds is 5. The first kappa shape index (κ1) is 15.3. The molecule has 0 bridgehead atoms. The number of aryl methyl sites for hydroxylation is 1. The monoisotopic (exact) mass is 315 g/mol. The molecule has 1 aliphatic carbocycles. The highest BCUT2D eigenvalue weighted by Gasteiger charge is 2.44. The molecule has 22 heavy (non-hydrogen) atoms. The second kappa shape index (κ2) is 5.86. The zero-order chi connectivity index (χ0) is 15.7. The molecule has 3 atom stereocenters. The third-order valence-corrected chi connectivity index (χ3v) is 5.50. The molecule has 1 fully saturated rings. The van der Waals surface area contributed by atoms with Crippen molar-refractivity contribution >= 4 is 17.2 Å². The van der Waals surface area contributed by atoms with Crippen LogP contribution < -0.4 is 5.32 Å². The minimum Gasteiger partial charge on any atom is -0.383 e. The smallest absolute Gasteiger partial charge is 0.223 e. The first-order valence-electron chi connectivity index (χ1n) is 7.58. The van der Waals surface area contributed by atoms with Crippen LogP contribution >= 0.6 is 11.3 Å².